The van der Waals surface area contributed by atoms with Gasteiger partial charge in [-0.2, -0.15) is 0 Å². The van der Waals surface area contributed by atoms with Crippen LogP contribution in [0.2, 0.25) is 0 Å². The summed E-state index contributed by atoms with van der Waals surface area (Å²) >= 11 is 0. The largest absolute Gasteiger partial charge is 0.497 e. The summed E-state index contributed by atoms with van der Waals surface area (Å²) in [5, 5.41) is 14.6. The van der Waals surface area contributed by atoms with E-state index in [0.717, 1.165) is 31.0 Å². The van der Waals surface area contributed by atoms with Gasteiger partial charge in [-0.25, -0.2) is 4.99 Å². The minimum absolute atomic E-state index is 0. The molecule has 10 heteroatoms. The van der Waals surface area contributed by atoms with Crippen LogP contribution in [-0.2, 0) is 24.2 Å². The molecular weight excluding hydrogens is 497 g/mol. The first-order valence-corrected chi connectivity index (χ1v) is 9.75. The molecule has 166 valence electrons. The normalized spacial score (nSPS) is 10.9. The number of carbonyl (C=O) groups is 1. The zero-order chi connectivity index (χ0) is 21.1. The van der Waals surface area contributed by atoms with Crippen molar-refractivity contribution in [3.05, 3.63) is 42.0 Å². The molecule has 0 aliphatic rings. The zero-order valence-electron chi connectivity index (χ0n) is 18.1. The average molecular weight is 529 g/mol. The van der Waals surface area contributed by atoms with Crippen molar-refractivity contribution in [2.45, 2.75) is 26.3 Å². The third-order valence-corrected chi connectivity index (χ3v) is 4.39. The maximum Gasteiger partial charge on any atom is 0.243 e. The molecule has 0 aliphatic heterocycles. The Morgan fingerprint density at radius 1 is 1.20 bits per heavy atom. The number of guanidine groups is 1. The SMILES string of the molecule is CCc1nncn1CCNC(=NCC(=O)N(C)C)NCCc1ccc(OC)cc1.I. The molecule has 1 amide bonds. The highest BCUT2D eigenvalue weighted by Crippen LogP contribution is 2.11. The number of ether oxygens (including phenoxy) is 1. The Bertz CT molecular complexity index is 791. The lowest BCUT2D eigenvalue weighted by Gasteiger charge is -2.14. The van der Waals surface area contributed by atoms with Crippen molar-refractivity contribution in [2.24, 2.45) is 4.99 Å². The molecule has 1 aromatic carbocycles. The molecule has 1 aromatic heterocycles. The van der Waals surface area contributed by atoms with Crippen molar-refractivity contribution in [1.29, 1.82) is 0 Å². The summed E-state index contributed by atoms with van der Waals surface area (Å²) in [6.07, 6.45) is 3.39. The second kappa shape index (κ2) is 13.8. The third kappa shape index (κ3) is 8.56. The molecule has 0 unspecified atom stereocenters. The van der Waals surface area contributed by atoms with Crippen molar-refractivity contribution >= 4 is 35.8 Å². The van der Waals surface area contributed by atoms with Crippen LogP contribution >= 0.6 is 24.0 Å². The van der Waals surface area contributed by atoms with E-state index in [-0.39, 0.29) is 36.4 Å². The van der Waals surface area contributed by atoms with E-state index in [1.807, 2.05) is 28.8 Å². The molecule has 0 spiro atoms. The fraction of sp³-hybridized carbons (Fsp3) is 0.500. The Morgan fingerprint density at radius 2 is 1.90 bits per heavy atom. The van der Waals surface area contributed by atoms with Gasteiger partial charge in [0.2, 0.25) is 5.91 Å². The van der Waals surface area contributed by atoms with E-state index in [0.29, 0.717) is 19.0 Å². The van der Waals surface area contributed by atoms with Gasteiger partial charge >= 0.3 is 0 Å². The highest BCUT2D eigenvalue weighted by atomic mass is 127. The molecule has 0 saturated heterocycles. The fourth-order valence-electron chi connectivity index (χ4n) is 2.61. The van der Waals surface area contributed by atoms with Gasteiger partial charge in [-0.1, -0.05) is 19.1 Å². The van der Waals surface area contributed by atoms with E-state index in [4.69, 9.17) is 4.74 Å². The fourth-order valence-corrected chi connectivity index (χ4v) is 2.61. The lowest BCUT2D eigenvalue weighted by atomic mass is 10.1. The Morgan fingerprint density at radius 3 is 2.53 bits per heavy atom. The van der Waals surface area contributed by atoms with Crippen LogP contribution in [0.25, 0.3) is 0 Å². The van der Waals surface area contributed by atoms with Gasteiger partial charge in [-0.3, -0.25) is 4.79 Å². The van der Waals surface area contributed by atoms with Crippen LogP contribution in [0.15, 0.2) is 35.6 Å². The lowest BCUT2D eigenvalue weighted by molar-refractivity contribution is -0.127. The molecule has 0 bridgehead atoms. The second-order valence-electron chi connectivity index (χ2n) is 6.70. The zero-order valence-corrected chi connectivity index (χ0v) is 20.4. The number of hydrogen-bond donors (Lipinski definition) is 2. The number of hydrogen-bond acceptors (Lipinski definition) is 5. The summed E-state index contributed by atoms with van der Waals surface area (Å²) in [6, 6.07) is 7.98. The summed E-state index contributed by atoms with van der Waals surface area (Å²) in [5.41, 5.74) is 1.19. The number of benzene rings is 1. The topological polar surface area (TPSA) is 96.7 Å². The Labute approximate surface area is 195 Å². The monoisotopic (exact) mass is 529 g/mol. The molecule has 9 nitrogen and oxygen atoms in total. The number of likely N-dealkylation sites (N-methyl/N-ethyl adjacent to an activating group) is 1. The van der Waals surface area contributed by atoms with Crippen molar-refractivity contribution in [1.82, 2.24) is 30.3 Å². The van der Waals surface area contributed by atoms with E-state index in [1.165, 1.54) is 10.5 Å². The quantitative estimate of drug-likeness (QED) is 0.274. The van der Waals surface area contributed by atoms with Gasteiger partial charge in [0, 0.05) is 40.2 Å². The average Bonchev–Trinajstić information content (AvgIpc) is 3.19. The third-order valence-electron chi connectivity index (χ3n) is 4.39. The summed E-state index contributed by atoms with van der Waals surface area (Å²) in [4.78, 5) is 17.8. The maximum atomic E-state index is 11.9. The highest BCUT2D eigenvalue weighted by molar-refractivity contribution is 14.0. The predicted octanol–water partition coefficient (Wildman–Crippen LogP) is 1.33. The molecule has 0 atom stereocenters. The molecule has 0 saturated carbocycles. The van der Waals surface area contributed by atoms with Gasteiger partial charge in [0.15, 0.2) is 5.96 Å². The Hall–Kier alpha value is -2.37. The molecule has 2 rings (SSSR count). The second-order valence-corrected chi connectivity index (χ2v) is 6.70. The first kappa shape index (κ1) is 25.7. The van der Waals surface area contributed by atoms with Gasteiger partial charge in [-0.05, 0) is 24.1 Å². The van der Waals surface area contributed by atoms with Gasteiger partial charge in [0.05, 0.1) is 7.11 Å². The van der Waals surface area contributed by atoms with Gasteiger partial charge in [0.1, 0.15) is 24.4 Å². The van der Waals surface area contributed by atoms with E-state index in [2.05, 4.69) is 32.7 Å². The number of halogens is 1. The van der Waals surface area contributed by atoms with Gasteiger partial charge in [-0.15, -0.1) is 34.2 Å². The van der Waals surface area contributed by atoms with Gasteiger partial charge in [0.25, 0.3) is 0 Å². The van der Waals surface area contributed by atoms with Crippen LogP contribution in [-0.4, -0.2) is 72.4 Å². The number of nitrogens with one attached hydrogen (secondary N) is 2. The van der Waals surface area contributed by atoms with Crippen molar-refractivity contribution in [2.75, 3.05) is 40.8 Å². The molecule has 0 radical (unpaired) electrons. The van der Waals surface area contributed by atoms with E-state index < -0.39 is 0 Å². The first-order valence-electron chi connectivity index (χ1n) is 9.75. The number of aryl methyl sites for hydroxylation is 1. The molecule has 30 heavy (non-hydrogen) atoms. The summed E-state index contributed by atoms with van der Waals surface area (Å²) in [5.74, 6) is 2.35. The summed E-state index contributed by atoms with van der Waals surface area (Å²) in [6.45, 7) is 4.21. The van der Waals surface area contributed by atoms with Gasteiger partial charge < -0.3 is 24.8 Å². The summed E-state index contributed by atoms with van der Waals surface area (Å²) in [7, 11) is 5.10. The molecular formula is C20H32IN7O2. The van der Waals surface area contributed by atoms with Crippen LogP contribution in [0.3, 0.4) is 0 Å². The highest BCUT2D eigenvalue weighted by Gasteiger charge is 2.06. The number of carbonyl (C=O) groups excluding carboxylic acids is 1. The summed E-state index contributed by atoms with van der Waals surface area (Å²) < 4.78 is 7.19. The smallest absolute Gasteiger partial charge is 0.243 e. The minimum Gasteiger partial charge on any atom is -0.497 e. The molecule has 2 aromatic rings. The minimum atomic E-state index is -0.0478. The predicted molar refractivity (Wildman–Crippen MR) is 129 cm³/mol. The number of aromatic nitrogens is 3. The van der Waals surface area contributed by atoms with Crippen LogP contribution in [0.1, 0.15) is 18.3 Å². The van der Waals surface area contributed by atoms with Crippen molar-refractivity contribution in [3.63, 3.8) is 0 Å². The van der Waals surface area contributed by atoms with Crippen LogP contribution in [0.5, 0.6) is 5.75 Å². The number of nitrogens with zero attached hydrogens (tertiary/aromatic N) is 5. The number of methoxy groups -OCH3 is 1. The Kier molecular flexibility index (Phi) is 11.8. The number of aliphatic imine (C=N–C) groups is 1. The molecule has 0 fully saturated rings. The van der Waals surface area contributed by atoms with Crippen LogP contribution in [0.4, 0.5) is 0 Å². The number of amides is 1. The van der Waals surface area contributed by atoms with Crippen molar-refractivity contribution < 1.29 is 9.53 Å². The molecule has 1 heterocycles. The molecule has 2 N–H and O–H groups in total. The van der Waals surface area contributed by atoms with E-state index >= 15 is 0 Å². The van der Waals surface area contributed by atoms with Crippen molar-refractivity contribution in [3.8, 4) is 5.75 Å². The lowest BCUT2D eigenvalue weighted by Crippen LogP contribution is -2.40. The van der Waals surface area contributed by atoms with Crippen LogP contribution in [0, 0.1) is 0 Å². The van der Waals surface area contributed by atoms with E-state index in [9.17, 15) is 4.79 Å². The number of rotatable bonds is 10. The standard InChI is InChI=1S/C20H31N7O2.HI/c1-5-18-25-24-15-27(18)13-12-22-20(23-14-19(28)26(2)3)21-11-10-16-6-8-17(29-4)9-7-16;/h6-9,15H,5,10-14H2,1-4H3,(H2,21,22,23);1H. The maximum absolute atomic E-state index is 11.9. The molecule has 0 aliphatic carbocycles. The van der Waals surface area contributed by atoms with E-state index in [1.54, 1.807) is 27.5 Å². The Balaban J connectivity index is 0.00000450. The van der Waals surface area contributed by atoms with Crippen LogP contribution < -0.4 is 15.4 Å². The first-order chi connectivity index (χ1) is 14.0.